The van der Waals surface area contributed by atoms with E-state index in [0.717, 1.165) is 0 Å². The van der Waals surface area contributed by atoms with Gasteiger partial charge in [0.2, 0.25) is 5.39 Å². The van der Waals surface area contributed by atoms with Crippen LogP contribution in [0.15, 0.2) is 11.4 Å². The number of ether oxygens (including phenoxy) is 1. The molecular formula is C6H5N2O2S+. The lowest BCUT2D eigenvalue weighted by Gasteiger charge is -1.88. The third kappa shape index (κ3) is 1.36. The van der Waals surface area contributed by atoms with E-state index < -0.39 is 5.97 Å². The van der Waals surface area contributed by atoms with Crippen molar-refractivity contribution in [3.05, 3.63) is 22.0 Å². The Morgan fingerprint density at radius 3 is 3.09 bits per heavy atom. The van der Waals surface area contributed by atoms with E-state index in [-0.39, 0.29) is 5.00 Å². The third-order valence-corrected chi connectivity index (χ3v) is 1.94. The van der Waals surface area contributed by atoms with Crippen LogP contribution < -0.4 is 0 Å². The van der Waals surface area contributed by atoms with Gasteiger partial charge in [0.15, 0.2) is 10.5 Å². The van der Waals surface area contributed by atoms with Gasteiger partial charge in [-0.1, -0.05) is 11.3 Å². The summed E-state index contributed by atoms with van der Waals surface area (Å²) in [4.78, 5) is 13.8. The van der Waals surface area contributed by atoms with Crippen LogP contribution in [0.3, 0.4) is 0 Å². The van der Waals surface area contributed by atoms with Crippen LogP contribution in [0.5, 0.6) is 0 Å². The van der Waals surface area contributed by atoms with Gasteiger partial charge >= 0.3 is 11.0 Å². The van der Waals surface area contributed by atoms with E-state index in [4.69, 9.17) is 5.39 Å². The number of carbonyl (C=O) groups is 1. The molecule has 0 saturated carbocycles. The summed E-state index contributed by atoms with van der Waals surface area (Å²) in [6, 6.07) is 1.55. The average molecular weight is 169 g/mol. The Morgan fingerprint density at radius 1 is 1.82 bits per heavy atom. The smallest absolute Gasteiger partial charge is 0.455 e. The molecule has 0 aliphatic rings. The fourth-order valence-electron chi connectivity index (χ4n) is 0.644. The zero-order valence-electron chi connectivity index (χ0n) is 5.77. The van der Waals surface area contributed by atoms with Crippen molar-refractivity contribution in [1.82, 2.24) is 0 Å². The number of methoxy groups -OCH3 is 1. The summed E-state index contributed by atoms with van der Waals surface area (Å²) < 4.78 is 4.43. The summed E-state index contributed by atoms with van der Waals surface area (Å²) in [5.74, 6) is -0.487. The maximum absolute atomic E-state index is 10.9. The predicted octanol–water partition coefficient (Wildman–Crippen LogP) is 2.02. The molecule has 1 rings (SSSR count). The molecule has 0 aliphatic carbocycles. The van der Waals surface area contributed by atoms with Gasteiger partial charge in [0.1, 0.15) is 0 Å². The molecule has 11 heavy (non-hydrogen) atoms. The summed E-state index contributed by atoms with van der Waals surface area (Å²) in [5, 5.41) is 10.3. The van der Waals surface area contributed by atoms with Crippen LogP contribution in [0.25, 0.3) is 4.98 Å². The normalized spacial score (nSPS) is 8.73. The summed E-state index contributed by atoms with van der Waals surface area (Å²) in [6.07, 6.45) is 0. The number of carbonyl (C=O) groups excluding carboxylic acids is 1. The first kappa shape index (κ1) is 7.69. The molecule has 56 valence electrons. The number of thiophene rings is 1. The minimum absolute atomic E-state index is 0.275. The van der Waals surface area contributed by atoms with Crippen molar-refractivity contribution in [2.75, 3.05) is 7.11 Å². The van der Waals surface area contributed by atoms with Crippen molar-refractivity contribution >= 4 is 22.3 Å². The van der Waals surface area contributed by atoms with E-state index in [1.807, 2.05) is 0 Å². The van der Waals surface area contributed by atoms with Gasteiger partial charge in [0, 0.05) is 0 Å². The number of rotatable bonds is 1. The van der Waals surface area contributed by atoms with Crippen LogP contribution in [-0.4, -0.2) is 13.1 Å². The Bertz CT molecular complexity index is 313. The molecule has 0 aliphatic heterocycles. The summed E-state index contributed by atoms with van der Waals surface area (Å²) >= 11 is 1.18. The first-order valence-corrected chi connectivity index (χ1v) is 3.68. The molecule has 0 aromatic carbocycles. The molecule has 0 bridgehead atoms. The standard InChI is InChI=1S/C6H5N2O2S/c1-10-6(9)4-2-3-11-5(4)8-7/h2-3H,1H3/q+1. The Labute approximate surface area is 67.0 Å². The summed E-state index contributed by atoms with van der Waals surface area (Å²) in [7, 11) is 1.28. The van der Waals surface area contributed by atoms with Gasteiger partial charge in [-0.3, -0.25) is 0 Å². The van der Waals surface area contributed by atoms with E-state index in [2.05, 4.69) is 9.71 Å². The van der Waals surface area contributed by atoms with Gasteiger partial charge in [-0.2, -0.15) is 0 Å². The lowest BCUT2D eigenvalue weighted by Crippen LogP contribution is -1.98. The fourth-order valence-corrected chi connectivity index (χ4v) is 1.30. The molecule has 1 heterocycles. The fraction of sp³-hybridized carbons (Fsp3) is 0.167. The van der Waals surface area contributed by atoms with E-state index in [0.29, 0.717) is 5.56 Å². The molecule has 0 saturated heterocycles. The molecule has 1 aromatic heterocycles. The molecule has 0 amide bonds. The van der Waals surface area contributed by atoms with E-state index in [1.165, 1.54) is 18.4 Å². The first-order valence-electron chi connectivity index (χ1n) is 2.80. The highest BCUT2D eigenvalue weighted by Gasteiger charge is 2.22. The minimum Gasteiger partial charge on any atom is -0.465 e. The van der Waals surface area contributed by atoms with Crippen LogP contribution in [0, 0.1) is 5.39 Å². The molecule has 0 unspecified atom stereocenters. The van der Waals surface area contributed by atoms with Crippen LogP contribution in [0.2, 0.25) is 0 Å². The molecule has 0 atom stereocenters. The van der Waals surface area contributed by atoms with Gasteiger partial charge in [-0.25, -0.2) is 4.79 Å². The molecule has 0 spiro atoms. The number of hydrogen-bond donors (Lipinski definition) is 0. The molecular weight excluding hydrogens is 164 g/mol. The van der Waals surface area contributed by atoms with Crippen LogP contribution in [0.1, 0.15) is 10.4 Å². The van der Waals surface area contributed by atoms with Gasteiger partial charge in [0.05, 0.1) is 7.11 Å². The first-order chi connectivity index (χ1) is 5.29. The predicted molar refractivity (Wildman–Crippen MR) is 40.4 cm³/mol. The van der Waals surface area contributed by atoms with Crippen molar-refractivity contribution in [3.63, 3.8) is 0 Å². The van der Waals surface area contributed by atoms with Gasteiger partial charge in [-0.05, 0) is 11.4 Å². The van der Waals surface area contributed by atoms with Crippen LogP contribution >= 0.6 is 11.3 Å². The highest BCUT2D eigenvalue weighted by molar-refractivity contribution is 7.14. The monoisotopic (exact) mass is 169 g/mol. The third-order valence-electron chi connectivity index (χ3n) is 1.14. The molecule has 0 N–H and O–H groups in total. The van der Waals surface area contributed by atoms with Crippen molar-refractivity contribution in [1.29, 1.82) is 5.39 Å². The lowest BCUT2D eigenvalue weighted by molar-refractivity contribution is 0.0602. The van der Waals surface area contributed by atoms with Gasteiger partial charge in [-0.15, -0.1) is 0 Å². The zero-order chi connectivity index (χ0) is 8.27. The Kier molecular flexibility index (Phi) is 2.18. The van der Waals surface area contributed by atoms with Crippen molar-refractivity contribution in [3.8, 4) is 0 Å². The number of esters is 1. The second-order valence-electron chi connectivity index (χ2n) is 1.73. The van der Waals surface area contributed by atoms with Crippen molar-refractivity contribution in [2.24, 2.45) is 0 Å². The Balaban J connectivity index is 3.05. The minimum atomic E-state index is -0.487. The van der Waals surface area contributed by atoms with Gasteiger partial charge in [0.25, 0.3) is 0 Å². The largest absolute Gasteiger partial charge is 0.465 e. The highest BCUT2D eigenvalue weighted by atomic mass is 32.1. The maximum atomic E-state index is 10.9. The van der Waals surface area contributed by atoms with Gasteiger partial charge < -0.3 is 4.74 Å². The second kappa shape index (κ2) is 3.12. The highest BCUT2D eigenvalue weighted by Crippen LogP contribution is 2.26. The SMILES string of the molecule is COC(=O)c1ccsc1[N+]#N. The maximum Gasteiger partial charge on any atom is 0.455 e. The zero-order valence-corrected chi connectivity index (χ0v) is 6.59. The summed E-state index contributed by atoms with van der Waals surface area (Å²) in [5.41, 5.74) is 0.292. The molecule has 0 radical (unpaired) electrons. The van der Waals surface area contributed by atoms with E-state index >= 15 is 0 Å². The Hall–Kier alpha value is -1.41. The molecule has 1 aromatic rings. The van der Waals surface area contributed by atoms with Crippen LogP contribution in [-0.2, 0) is 4.74 Å². The van der Waals surface area contributed by atoms with Crippen molar-refractivity contribution in [2.45, 2.75) is 0 Å². The molecule has 4 nitrogen and oxygen atoms in total. The number of hydrogen-bond acceptors (Lipinski definition) is 4. The summed E-state index contributed by atoms with van der Waals surface area (Å²) in [6.45, 7) is 0. The molecule has 5 heteroatoms. The average Bonchev–Trinajstić information content (AvgIpc) is 2.50. The number of nitrogens with zero attached hydrogens (tertiary/aromatic N) is 2. The molecule has 0 fully saturated rings. The van der Waals surface area contributed by atoms with Crippen LogP contribution in [0.4, 0.5) is 5.00 Å². The lowest BCUT2D eigenvalue weighted by atomic mass is 10.3. The number of diazo groups is 1. The van der Waals surface area contributed by atoms with E-state index in [9.17, 15) is 4.79 Å². The quantitative estimate of drug-likeness (QED) is 0.477. The van der Waals surface area contributed by atoms with E-state index in [1.54, 1.807) is 11.4 Å². The topological polar surface area (TPSA) is 54.5 Å². The second-order valence-corrected chi connectivity index (χ2v) is 2.63. The van der Waals surface area contributed by atoms with Crippen molar-refractivity contribution < 1.29 is 9.53 Å². The Morgan fingerprint density at radius 2 is 2.55 bits per heavy atom.